The fourth-order valence-electron chi connectivity index (χ4n) is 2.23. The van der Waals surface area contributed by atoms with Crippen molar-refractivity contribution >= 4 is 11.8 Å². The Morgan fingerprint density at radius 2 is 2.23 bits per heavy atom. The van der Waals surface area contributed by atoms with Gasteiger partial charge in [0.2, 0.25) is 0 Å². The van der Waals surface area contributed by atoms with Crippen LogP contribution in [-0.4, -0.2) is 23.6 Å². The summed E-state index contributed by atoms with van der Waals surface area (Å²) in [6.45, 7) is 3.58. The zero-order valence-electron chi connectivity index (χ0n) is 8.59. The van der Waals surface area contributed by atoms with Gasteiger partial charge in [-0.1, -0.05) is 6.92 Å². The van der Waals surface area contributed by atoms with Gasteiger partial charge in [-0.15, -0.1) is 0 Å². The molecule has 0 amide bonds. The molecule has 2 unspecified atom stereocenters. The predicted octanol–water partition coefficient (Wildman–Crippen LogP) is 2.66. The lowest BCUT2D eigenvalue weighted by Crippen LogP contribution is -2.34. The van der Waals surface area contributed by atoms with Crippen molar-refractivity contribution in [1.29, 1.82) is 0 Å². The van der Waals surface area contributed by atoms with Crippen LogP contribution in [-0.2, 0) is 0 Å². The highest BCUT2D eigenvalue weighted by Crippen LogP contribution is 2.34. The van der Waals surface area contributed by atoms with E-state index >= 15 is 0 Å². The molecule has 0 aromatic carbocycles. The highest BCUT2D eigenvalue weighted by molar-refractivity contribution is 8.00. The summed E-state index contributed by atoms with van der Waals surface area (Å²) < 4.78 is 0. The van der Waals surface area contributed by atoms with E-state index in [9.17, 15) is 0 Å². The lowest BCUT2D eigenvalue weighted by Gasteiger charge is -2.18. The molecule has 2 heteroatoms. The van der Waals surface area contributed by atoms with Crippen LogP contribution in [0, 0.1) is 5.92 Å². The van der Waals surface area contributed by atoms with Gasteiger partial charge in [-0.05, 0) is 43.8 Å². The first-order valence-corrected chi connectivity index (χ1v) is 6.80. The summed E-state index contributed by atoms with van der Waals surface area (Å²) in [6.07, 6.45) is 7.16. The Morgan fingerprint density at radius 3 is 2.77 bits per heavy atom. The SMILES string of the molecule is CCC(NCC1CCCS1)C1CC1. The summed E-state index contributed by atoms with van der Waals surface area (Å²) in [7, 11) is 0. The van der Waals surface area contributed by atoms with Gasteiger partial charge in [0, 0.05) is 17.8 Å². The molecule has 13 heavy (non-hydrogen) atoms. The summed E-state index contributed by atoms with van der Waals surface area (Å²) in [4.78, 5) is 0. The van der Waals surface area contributed by atoms with Crippen LogP contribution in [0.2, 0.25) is 0 Å². The van der Waals surface area contributed by atoms with E-state index < -0.39 is 0 Å². The molecule has 2 rings (SSSR count). The quantitative estimate of drug-likeness (QED) is 0.730. The van der Waals surface area contributed by atoms with E-state index in [0.717, 1.165) is 17.2 Å². The smallest absolute Gasteiger partial charge is 0.0172 e. The molecule has 2 atom stereocenters. The van der Waals surface area contributed by atoms with Crippen molar-refractivity contribution in [1.82, 2.24) is 5.32 Å². The van der Waals surface area contributed by atoms with Gasteiger partial charge in [-0.2, -0.15) is 11.8 Å². The zero-order valence-corrected chi connectivity index (χ0v) is 9.41. The number of rotatable bonds is 5. The Balaban J connectivity index is 1.64. The Kier molecular flexibility index (Phi) is 3.56. The summed E-state index contributed by atoms with van der Waals surface area (Å²) in [5, 5.41) is 4.68. The minimum Gasteiger partial charge on any atom is -0.313 e. The molecule has 1 aliphatic heterocycles. The van der Waals surface area contributed by atoms with Crippen LogP contribution in [0.3, 0.4) is 0 Å². The second-order valence-corrected chi connectivity index (χ2v) is 5.80. The third-order valence-corrected chi connectivity index (χ3v) is 4.66. The summed E-state index contributed by atoms with van der Waals surface area (Å²) >= 11 is 2.16. The Labute approximate surface area is 86.0 Å². The molecule has 2 aliphatic rings. The molecule has 0 aromatic rings. The van der Waals surface area contributed by atoms with Crippen LogP contribution < -0.4 is 5.32 Å². The van der Waals surface area contributed by atoms with Crippen molar-refractivity contribution in [2.24, 2.45) is 5.92 Å². The van der Waals surface area contributed by atoms with Gasteiger partial charge in [0.15, 0.2) is 0 Å². The van der Waals surface area contributed by atoms with Crippen LogP contribution in [0.15, 0.2) is 0 Å². The monoisotopic (exact) mass is 199 g/mol. The molecule has 1 nitrogen and oxygen atoms in total. The molecular weight excluding hydrogens is 178 g/mol. The third-order valence-electron chi connectivity index (χ3n) is 3.26. The topological polar surface area (TPSA) is 12.0 Å². The second kappa shape index (κ2) is 4.70. The van der Waals surface area contributed by atoms with Gasteiger partial charge in [0.25, 0.3) is 0 Å². The largest absolute Gasteiger partial charge is 0.313 e. The van der Waals surface area contributed by atoms with Gasteiger partial charge in [0.05, 0.1) is 0 Å². The lowest BCUT2D eigenvalue weighted by molar-refractivity contribution is 0.448. The Bertz CT molecular complexity index is 150. The van der Waals surface area contributed by atoms with Crippen LogP contribution in [0.4, 0.5) is 0 Å². The van der Waals surface area contributed by atoms with Crippen molar-refractivity contribution in [3.8, 4) is 0 Å². The minimum absolute atomic E-state index is 0.834. The highest BCUT2D eigenvalue weighted by atomic mass is 32.2. The third kappa shape index (κ3) is 2.88. The molecule has 1 aliphatic carbocycles. The van der Waals surface area contributed by atoms with Crippen molar-refractivity contribution in [2.45, 2.75) is 50.3 Å². The Hall–Kier alpha value is 0.310. The first-order chi connectivity index (χ1) is 6.40. The van der Waals surface area contributed by atoms with Gasteiger partial charge in [-0.25, -0.2) is 0 Å². The van der Waals surface area contributed by atoms with E-state index in [2.05, 4.69) is 24.0 Å². The molecule has 0 radical (unpaired) electrons. The second-order valence-electron chi connectivity index (χ2n) is 4.40. The van der Waals surface area contributed by atoms with Gasteiger partial charge < -0.3 is 5.32 Å². The number of thioether (sulfide) groups is 1. The first-order valence-electron chi connectivity index (χ1n) is 5.75. The molecule has 2 fully saturated rings. The van der Waals surface area contributed by atoms with Crippen molar-refractivity contribution in [2.75, 3.05) is 12.3 Å². The average molecular weight is 199 g/mol. The van der Waals surface area contributed by atoms with Crippen LogP contribution in [0.5, 0.6) is 0 Å². The molecule has 1 saturated carbocycles. The summed E-state index contributed by atoms with van der Waals surface area (Å²) in [5.74, 6) is 2.42. The van der Waals surface area contributed by atoms with E-state index in [1.165, 1.54) is 44.4 Å². The molecule has 1 saturated heterocycles. The fourth-order valence-corrected chi connectivity index (χ4v) is 3.45. The predicted molar refractivity (Wildman–Crippen MR) is 60.3 cm³/mol. The molecule has 0 aromatic heterocycles. The summed E-state index contributed by atoms with van der Waals surface area (Å²) in [6, 6.07) is 0.834. The molecule has 1 N–H and O–H groups in total. The minimum atomic E-state index is 0.834. The van der Waals surface area contributed by atoms with E-state index in [4.69, 9.17) is 0 Å². The molecule has 0 bridgehead atoms. The standard InChI is InChI=1S/C11H21NS/c1-2-11(9-5-6-9)12-8-10-4-3-7-13-10/h9-12H,2-8H2,1H3. The Morgan fingerprint density at radius 1 is 1.38 bits per heavy atom. The highest BCUT2D eigenvalue weighted by Gasteiger charge is 2.30. The maximum Gasteiger partial charge on any atom is 0.0172 e. The number of hydrogen-bond donors (Lipinski definition) is 1. The van der Waals surface area contributed by atoms with Crippen LogP contribution in [0.1, 0.15) is 39.0 Å². The average Bonchev–Trinajstić information content (AvgIpc) is 2.84. The molecule has 76 valence electrons. The van der Waals surface area contributed by atoms with Crippen molar-refractivity contribution in [3.05, 3.63) is 0 Å². The van der Waals surface area contributed by atoms with E-state index in [0.29, 0.717) is 0 Å². The maximum absolute atomic E-state index is 3.75. The summed E-state index contributed by atoms with van der Waals surface area (Å²) in [5.41, 5.74) is 0. The maximum atomic E-state index is 3.75. The number of hydrogen-bond acceptors (Lipinski definition) is 2. The van der Waals surface area contributed by atoms with Gasteiger partial charge in [-0.3, -0.25) is 0 Å². The molecule has 0 spiro atoms. The van der Waals surface area contributed by atoms with Crippen LogP contribution >= 0.6 is 11.8 Å². The van der Waals surface area contributed by atoms with E-state index in [1.807, 2.05) is 0 Å². The first kappa shape index (κ1) is 9.85. The van der Waals surface area contributed by atoms with Crippen molar-refractivity contribution < 1.29 is 0 Å². The zero-order chi connectivity index (χ0) is 9.10. The van der Waals surface area contributed by atoms with Crippen LogP contribution in [0.25, 0.3) is 0 Å². The normalized spacial score (nSPS) is 30.7. The molecular formula is C11H21NS. The lowest BCUT2D eigenvalue weighted by atomic mass is 10.1. The number of nitrogens with one attached hydrogen (secondary N) is 1. The van der Waals surface area contributed by atoms with Crippen molar-refractivity contribution in [3.63, 3.8) is 0 Å². The van der Waals surface area contributed by atoms with Gasteiger partial charge in [0.1, 0.15) is 0 Å². The van der Waals surface area contributed by atoms with E-state index in [-0.39, 0.29) is 0 Å². The van der Waals surface area contributed by atoms with Gasteiger partial charge >= 0.3 is 0 Å². The van der Waals surface area contributed by atoms with E-state index in [1.54, 1.807) is 0 Å². The molecule has 1 heterocycles. The fraction of sp³-hybridized carbons (Fsp3) is 1.00.